The highest BCUT2D eigenvalue weighted by atomic mass is 16.5. The monoisotopic (exact) mass is 321 g/mol. The normalized spacial score (nSPS) is 10.8. The Morgan fingerprint density at radius 1 is 1.21 bits per heavy atom. The van der Waals surface area contributed by atoms with E-state index in [1.165, 1.54) is 7.11 Å². The molecule has 0 saturated heterocycles. The van der Waals surface area contributed by atoms with E-state index in [0.29, 0.717) is 17.9 Å². The quantitative estimate of drug-likeness (QED) is 0.595. The van der Waals surface area contributed by atoms with Gasteiger partial charge >= 0.3 is 5.97 Å². The Balaban J connectivity index is 2.29. The molecule has 4 heteroatoms. The van der Waals surface area contributed by atoms with Gasteiger partial charge in [0.1, 0.15) is 12.4 Å². The topological polar surface area (TPSA) is 59.3 Å². The Hall–Kier alpha value is -3.06. The standard InChI is InChI=1S/C20H19NO3/c1-15-8-9-19(24-14-16-6-4-3-5-7-16)18(12-15)13-17(10-11-21)20(22)23-2/h3-9,12-13H,10,14H2,1-2H3/b17-13+. The molecule has 0 spiro atoms. The molecule has 2 aromatic rings. The Morgan fingerprint density at radius 3 is 2.62 bits per heavy atom. The summed E-state index contributed by atoms with van der Waals surface area (Å²) < 4.78 is 10.6. The molecule has 0 unspecified atom stereocenters. The van der Waals surface area contributed by atoms with Crippen molar-refractivity contribution in [3.8, 4) is 11.8 Å². The summed E-state index contributed by atoms with van der Waals surface area (Å²) in [6.07, 6.45) is 1.64. The molecule has 0 aromatic heterocycles. The molecule has 2 aromatic carbocycles. The van der Waals surface area contributed by atoms with Crippen LogP contribution >= 0.6 is 0 Å². The number of hydrogen-bond acceptors (Lipinski definition) is 4. The molecule has 0 N–H and O–H groups in total. The van der Waals surface area contributed by atoms with Crippen LogP contribution in [0.3, 0.4) is 0 Å². The molecule has 0 fully saturated rings. The van der Waals surface area contributed by atoms with E-state index in [-0.39, 0.29) is 6.42 Å². The first-order chi connectivity index (χ1) is 11.6. The molecule has 2 rings (SSSR count). The number of ether oxygens (including phenoxy) is 2. The summed E-state index contributed by atoms with van der Waals surface area (Å²) in [6.45, 7) is 2.39. The summed E-state index contributed by atoms with van der Waals surface area (Å²) >= 11 is 0. The average molecular weight is 321 g/mol. The van der Waals surface area contributed by atoms with Gasteiger partial charge in [-0.05, 0) is 30.7 Å². The van der Waals surface area contributed by atoms with Crippen molar-refractivity contribution < 1.29 is 14.3 Å². The number of methoxy groups -OCH3 is 1. The smallest absolute Gasteiger partial charge is 0.334 e. The summed E-state index contributed by atoms with van der Waals surface area (Å²) in [5.41, 5.74) is 3.14. The highest BCUT2D eigenvalue weighted by molar-refractivity contribution is 5.94. The molecule has 0 heterocycles. The minimum Gasteiger partial charge on any atom is -0.488 e. The molecular weight excluding hydrogens is 302 g/mol. The number of nitriles is 1. The Kier molecular flexibility index (Phi) is 6.16. The molecule has 0 aliphatic carbocycles. The van der Waals surface area contributed by atoms with E-state index in [1.807, 2.05) is 61.5 Å². The van der Waals surface area contributed by atoms with Crippen LogP contribution in [-0.2, 0) is 16.1 Å². The lowest BCUT2D eigenvalue weighted by molar-refractivity contribution is -0.136. The lowest BCUT2D eigenvalue weighted by atomic mass is 10.1. The number of rotatable bonds is 6. The molecule has 0 atom stereocenters. The number of aryl methyl sites for hydroxylation is 1. The second-order valence-corrected chi connectivity index (χ2v) is 5.31. The van der Waals surface area contributed by atoms with E-state index in [0.717, 1.165) is 16.7 Å². The van der Waals surface area contributed by atoms with Crippen LogP contribution in [0.2, 0.25) is 0 Å². The van der Waals surface area contributed by atoms with Gasteiger partial charge in [-0.1, -0.05) is 42.0 Å². The van der Waals surface area contributed by atoms with E-state index in [1.54, 1.807) is 6.08 Å². The number of hydrogen-bond donors (Lipinski definition) is 0. The van der Waals surface area contributed by atoms with Crippen molar-refractivity contribution in [3.05, 3.63) is 70.8 Å². The van der Waals surface area contributed by atoms with E-state index in [2.05, 4.69) is 0 Å². The van der Waals surface area contributed by atoms with Crippen LogP contribution in [0.1, 0.15) is 23.1 Å². The predicted octanol–water partition coefficient (Wildman–Crippen LogP) is 4.04. The molecule has 0 aliphatic rings. The number of carbonyl (C=O) groups is 1. The first kappa shape index (κ1) is 17.3. The summed E-state index contributed by atoms with van der Waals surface area (Å²) in [7, 11) is 1.30. The zero-order valence-corrected chi connectivity index (χ0v) is 13.8. The maximum absolute atomic E-state index is 11.8. The van der Waals surface area contributed by atoms with Crippen LogP contribution in [0.25, 0.3) is 6.08 Å². The summed E-state index contributed by atoms with van der Waals surface area (Å²) in [6, 6.07) is 17.5. The SMILES string of the molecule is COC(=O)/C(=C/c1cc(C)ccc1OCc1ccccc1)CC#N. The largest absolute Gasteiger partial charge is 0.488 e. The van der Waals surface area contributed by atoms with Crippen LogP contribution in [0.4, 0.5) is 0 Å². The zero-order valence-electron chi connectivity index (χ0n) is 13.8. The fourth-order valence-electron chi connectivity index (χ4n) is 2.23. The fraction of sp³-hybridized carbons (Fsp3) is 0.200. The van der Waals surface area contributed by atoms with Crippen molar-refractivity contribution in [1.82, 2.24) is 0 Å². The minimum atomic E-state index is -0.507. The number of carbonyl (C=O) groups excluding carboxylic acids is 1. The highest BCUT2D eigenvalue weighted by Crippen LogP contribution is 2.25. The van der Waals surface area contributed by atoms with Gasteiger partial charge in [0, 0.05) is 5.56 Å². The average Bonchev–Trinajstić information content (AvgIpc) is 2.61. The maximum atomic E-state index is 11.8. The molecule has 0 bridgehead atoms. The van der Waals surface area contributed by atoms with Crippen molar-refractivity contribution in [1.29, 1.82) is 5.26 Å². The van der Waals surface area contributed by atoms with Gasteiger partial charge in [0.25, 0.3) is 0 Å². The summed E-state index contributed by atoms with van der Waals surface area (Å²) in [5, 5.41) is 8.91. The van der Waals surface area contributed by atoms with Gasteiger partial charge in [0.15, 0.2) is 0 Å². The lowest BCUT2D eigenvalue weighted by Gasteiger charge is -2.11. The van der Waals surface area contributed by atoms with Gasteiger partial charge in [-0.15, -0.1) is 0 Å². The first-order valence-electron chi connectivity index (χ1n) is 7.57. The predicted molar refractivity (Wildman–Crippen MR) is 92.2 cm³/mol. The van der Waals surface area contributed by atoms with Gasteiger partial charge in [0.05, 0.1) is 25.2 Å². The molecular formula is C20H19NO3. The van der Waals surface area contributed by atoms with Crippen molar-refractivity contribution >= 4 is 12.0 Å². The van der Waals surface area contributed by atoms with Crippen molar-refractivity contribution in [2.45, 2.75) is 20.0 Å². The van der Waals surface area contributed by atoms with Gasteiger partial charge in [-0.25, -0.2) is 4.79 Å². The summed E-state index contributed by atoms with van der Waals surface area (Å²) in [4.78, 5) is 11.8. The maximum Gasteiger partial charge on any atom is 0.334 e. The zero-order chi connectivity index (χ0) is 17.4. The van der Waals surface area contributed by atoms with Crippen LogP contribution in [0.5, 0.6) is 5.75 Å². The fourth-order valence-corrected chi connectivity index (χ4v) is 2.23. The number of benzene rings is 2. The van der Waals surface area contributed by atoms with Crippen LogP contribution in [-0.4, -0.2) is 13.1 Å². The molecule has 122 valence electrons. The molecule has 4 nitrogen and oxygen atoms in total. The van der Waals surface area contributed by atoms with Gasteiger partial charge < -0.3 is 9.47 Å². The number of nitrogens with zero attached hydrogens (tertiary/aromatic N) is 1. The minimum absolute atomic E-state index is 0.0151. The van der Waals surface area contributed by atoms with Gasteiger partial charge in [-0.2, -0.15) is 5.26 Å². The molecule has 0 radical (unpaired) electrons. The number of esters is 1. The summed E-state index contributed by atoms with van der Waals surface area (Å²) in [5.74, 6) is 0.149. The van der Waals surface area contributed by atoms with E-state index < -0.39 is 5.97 Å². The molecule has 0 aliphatic heterocycles. The Morgan fingerprint density at radius 2 is 1.96 bits per heavy atom. The third kappa shape index (κ3) is 4.72. The van der Waals surface area contributed by atoms with E-state index >= 15 is 0 Å². The van der Waals surface area contributed by atoms with Crippen LogP contribution in [0.15, 0.2) is 54.1 Å². The second kappa shape index (κ2) is 8.54. The van der Waals surface area contributed by atoms with Crippen LogP contribution < -0.4 is 4.74 Å². The van der Waals surface area contributed by atoms with E-state index in [9.17, 15) is 4.79 Å². The van der Waals surface area contributed by atoms with Crippen LogP contribution in [0, 0.1) is 18.3 Å². The van der Waals surface area contributed by atoms with Crippen molar-refractivity contribution in [2.24, 2.45) is 0 Å². The van der Waals surface area contributed by atoms with E-state index in [4.69, 9.17) is 14.7 Å². The molecule has 24 heavy (non-hydrogen) atoms. The van der Waals surface area contributed by atoms with Crippen molar-refractivity contribution in [3.63, 3.8) is 0 Å². The third-order valence-corrected chi connectivity index (χ3v) is 3.45. The lowest BCUT2D eigenvalue weighted by Crippen LogP contribution is -2.04. The molecule has 0 saturated carbocycles. The first-order valence-corrected chi connectivity index (χ1v) is 7.57. The van der Waals surface area contributed by atoms with Gasteiger partial charge in [0.2, 0.25) is 0 Å². The Labute approximate surface area is 141 Å². The second-order valence-electron chi connectivity index (χ2n) is 5.31. The molecule has 0 amide bonds. The highest BCUT2D eigenvalue weighted by Gasteiger charge is 2.11. The third-order valence-electron chi connectivity index (χ3n) is 3.45. The Bertz CT molecular complexity index is 773. The van der Waals surface area contributed by atoms with Gasteiger partial charge in [-0.3, -0.25) is 0 Å². The van der Waals surface area contributed by atoms with Crippen molar-refractivity contribution in [2.75, 3.05) is 7.11 Å².